The Kier molecular flexibility index (Phi) is 6.22. The second-order valence-electron chi connectivity index (χ2n) is 2.97. The first-order valence-electron chi connectivity index (χ1n) is 4.76. The Labute approximate surface area is 121 Å². The molecule has 0 saturated carbocycles. The van der Waals surface area contributed by atoms with Gasteiger partial charge in [-0.15, -0.1) is 0 Å². The van der Waals surface area contributed by atoms with Crippen LogP contribution in [-0.4, -0.2) is 17.1 Å². The minimum absolute atomic E-state index is 0.0223. The third-order valence-electron chi connectivity index (χ3n) is 1.55. The molecule has 0 amide bonds. The van der Waals surface area contributed by atoms with Gasteiger partial charge in [-0.1, -0.05) is 11.3 Å². The molecule has 0 N–H and O–H groups in total. The van der Waals surface area contributed by atoms with Crippen molar-refractivity contribution in [3.63, 3.8) is 0 Å². The molecule has 3 nitrogen and oxygen atoms in total. The Morgan fingerprint density at radius 3 is 2.42 bits per heavy atom. The monoisotopic (exact) mass is 401 g/mol. The maximum atomic E-state index is 10.5. The fourth-order valence-electron chi connectivity index (χ4n) is 0.818. The standard InChI is InChI=1S/C9H7INS.C2HF3O2/c1-3-8(7-11-5-1)10-9-4-2-6-12-9;3-2(4,5)1(6)7/h1-7H;(H,6,7)/q+1;/p-1. The molecule has 0 spiro atoms. The molecule has 2 aromatic rings. The van der Waals surface area contributed by atoms with E-state index in [9.17, 15) is 13.2 Å². The van der Waals surface area contributed by atoms with Crippen LogP contribution >= 0.6 is 11.3 Å². The van der Waals surface area contributed by atoms with Crippen molar-refractivity contribution >= 4 is 17.3 Å². The number of carbonyl (C=O) groups is 1. The summed E-state index contributed by atoms with van der Waals surface area (Å²) >= 11 is 1.86. The molecule has 2 aromatic heterocycles. The molecule has 0 fully saturated rings. The first-order chi connectivity index (χ1) is 8.89. The SMILES string of the molecule is O=C([O-])C(F)(F)F.c1cncc([I+]c2cccs2)c1. The van der Waals surface area contributed by atoms with Crippen LogP contribution in [0.25, 0.3) is 0 Å². The van der Waals surface area contributed by atoms with Gasteiger partial charge >= 0.3 is 27.4 Å². The maximum absolute atomic E-state index is 10.5. The van der Waals surface area contributed by atoms with E-state index in [1.807, 2.05) is 29.8 Å². The molecule has 102 valence electrons. The van der Waals surface area contributed by atoms with Gasteiger partial charge in [0.25, 0.3) is 0 Å². The average molecular weight is 401 g/mol. The van der Waals surface area contributed by atoms with E-state index < -0.39 is 12.1 Å². The van der Waals surface area contributed by atoms with E-state index in [4.69, 9.17) is 9.90 Å². The number of aliphatic carboxylic acids is 1. The van der Waals surface area contributed by atoms with Crippen LogP contribution in [-0.2, 0) is 4.79 Å². The normalized spacial score (nSPS) is 10.5. The number of pyridine rings is 1. The number of carbonyl (C=O) groups excluding carboxylic acids is 1. The summed E-state index contributed by atoms with van der Waals surface area (Å²) in [5.74, 6) is -3.01. The molecule has 2 rings (SSSR count). The number of hydrogen-bond donors (Lipinski definition) is 0. The van der Waals surface area contributed by atoms with E-state index >= 15 is 0 Å². The Balaban J connectivity index is 0.000000224. The van der Waals surface area contributed by atoms with Crippen LogP contribution in [0.3, 0.4) is 0 Å². The Morgan fingerprint density at radius 2 is 2.00 bits per heavy atom. The van der Waals surface area contributed by atoms with E-state index in [1.54, 1.807) is 0 Å². The zero-order valence-electron chi connectivity index (χ0n) is 9.23. The summed E-state index contributed by atoms with van der Waals surface area (Å²) in [6, 6.07) is 8.46. The molecule has 0 aliphatic rings. The molecule has 0 atom stereocenters. The molecular formula is C11H7F3INO2S. The molecule has 19 heavy (non-hydrogen) atoms. The molecular weight excluding hydrogens is 394 g/mol. The van der Waals surface area contributed by atoms with Crippen molar-refractivity contribution in [2.45, 2.75) is 6.18 Å². The molecule has 0 aliphatic heterocycles. The highest BCUT2D eigenvalue weighted by Crippen LogP contribution is 2.11. The average Bonchev–Trinajstić information content (AvgIpc) is 2.83. The number of aromatic nitrogens is 1. The summed E-state index contributed by atoms with van der Waals surface area (Å²) in [6.07, 6.45) is -1.41. The molecule has 0 radical (unpaired) electrons. The minimum atomic E-state index is -5.19. The van der Waals surface area contributed by atoms with E-state index in [0.717, 1.165) is 0 Å². The fraction of sp³-hybridized carbons (Fsp3) is 0.0909. The fourth-order valence-corrected chi connectivity index (χ4v) is 4.41. The Hall–Kier alpha value is -1.16. The number of halogens is 4. The lowest BCUT2D eigenvalue weighted by atomic mass is 10.5. The van der Waals surface area contributed by atoms with E-state index in [2.05, 4.69) is 28.6 Å². The van der Waals surface area contributed by atoms with Gasteiger partial charge in [-0.05, 0) is 23.6 Å². The first-order valence-corrected chi connectivity index (χ1v) is 7.80. The van der Waals surface area contributed by atoms with Gasteiger partial charge in [0.1, 0.15) is 5.97 Å². The van der Waals surface area contributed by atoms with Crippen molar-refractivity contribution in [1.82, 2.24) is 4.98 Å². The number of hydrogen-bond acceptors (Lipinski definition) is 4. The number of nitrogens with zero attached hydrogens (tertiary/aromatic N) is 1. The summed E-state index contributed by atoms with van der Waals surface area (Å²) in [5, 5.41) is 10.9. The van der Waals surface area contributed by atoms with Gasteiger partial charge in [-0.2, -0.15) is 13.2 Å². The van der Waals surface area contributed by atoms with Crippen LogP contribution in [0.2, 0.25) is 0 Å². The van der Waals surface area contributed by atoms with Gasteiger partial charge in [0, 0.05) is 12.3 Å². The highest BCUT2D eigenvalue weighted by molar-refractivity contribution is 7.07. The van der Waals surface area contributed by atoms with Gasteiger partial charge in [-0.25, -0.2) is 0 Å². The molecule has 0 saturated heterocycles. The van der Waals surface area contributed by atoms with Crippen molar-refractivity contribution in [2.24, 2.45) is 0 Å². The van der Waals surface area contributed by atoms with Gasteiger partial charge in [-0.3, -0.25) is 4.98 Å². The smallest absolute Gasteiger partial charge is 0.430 e. The molecule has 0 aliphatic carbocycles. The molecule has 8 heteroatoms. The summed E-state index contributed by atoms with van der Waals surface area (Å²) in [7, 11) is 0. The number of carboxylic acids is 1. The number of rotatable bonds is 2. The van der Waals surface area contributed by atoms with E-state index in [1.165, 1.54) is 6.45 Å². The summed E-state index contributed by atoms with van der Waals surface area (Å²) in [4.78, 5) is 12.9. The Bertz CT molecular complexity index is 502. The van der Waals surface area contributed by atoms with Crippen molar-refractivity contribution in [3.8, 4) is 0 Å². The zero-order valence-corrected chi connectivity index (χ0v) is 12.2. The minimum Gasteiger partial charge on any atom is -0.542 e. The van der Waals surface area contributed by atoms with Gasteiger partial charge in [0.05, 0.1) is 6.20 Å². The number of thiophene rings is 1. The lowest BCUT2D eigenvalue weighted by Crippen LogP contribution is -3.61. The van der Waals surface area contributed by atoms with Crippen molar-refractivity contribution in [1.29, 1.82) is 0 Å². The van der Waals surface area contributed by atoms with Crippen LogP contribution in [0.4, 0.5) is 13.2 Å². The Morgan fingerprint density at radius 1 is 1.32 bits per heavy atom. The quantitative estimate of drug-likeness (QED) is 0.581. The van der Waals surface area contributed by atoms with Crippen LogP contribution < -0.4 is 26.3 Å². The second-order valence-corrected chi connectivity index (χ2v) is 7.60. The number of carboxylic acid groups (broad SMARTS) is 1. The predicted molar refractivity (Wildman–Crippen MR) is 57.0 cm³/mol. The van der Waals surface area contributed by atoms with Gasteiger partial charge in [0.15, 0.2) is 0 Å². The molecule has 0 bridgehead atoms. The van der Waals surface area contributed by atoms with Crippen LogP contribution in [0, 0.1) is 6.45 Å². The van der Waals surface area contributed by atoms with E-state index in [0.29, 0.717) is 0 Å². The highest BCUT2D eigenvalue weighted by Gasteiger charge is 2.28. The third-order valence-corrected chi connectivity index (χ3v) is 5.63. The molecule has 0 unspecified atom stereocenters. The summed E-state index contributed by atoms with van der Waals surface area (Å²) in [6.45, 7) is 0. The zero-order chi connectivity index (χ0) is 14.3. The maximum Gasteiger partial charge on any atom is 0.430 e. The topological polar surface area (TPSA) is 53.0 Å². The molecule has 2 heterocycles. The lowest BCUT2D eigenvalue weighted by molar-refractivity contribution is -0.591. The second kappa shape index (κ2) is 7.43. The van der Waals surface area contributed by atoms with Gasteiger partial charge < -0.3 is 9.90 Å². The van der Waals surface area contributed by atoms with E-state index in [-0.39, 0.29) is 21.2 Å². The first kappa shape index (κ1) is 15.9. The summed E-state index contributed by atoms with van der Waals surface area (Å²) in [5.41, 5.74) is 0. The van der Waals surface area contributed by atoms with Crippen molar-refractivity contribution < 1.29 is 44.3 Å². The van der Waals surface area contributed by atoms with Gasteiger partial charge in [0.2, 0.25) is 6.45 Å². The van der Waals surface area contributed by atoms with Crippen molar-refractivity contribution in [2.75, 3.05) is 0 Å². The largest absolute Gasteiger partial charge is 0.542 e. The van der Waals surface area contributed by atoms with Crippen LogP contribution in [0.5, 0.6) is 0 Å². The molecule has 0 aromatic carbocycles. The third kappa shape index (κ3) is 6.53. The van der Waals surface area contributed by atoms with Crippen molar-refractivity contribution in [3.05, 3.63) is 48.5 Å². The van der Waals surface area contributed by atoms with Crippen LogP contribution in [0.1, 0.15) is 0 Å². The van der Waals surface area contributed by atoms with Crippen LogP contribution in [0.15, 0.2) is 42.0 Å². The predicted octanol–water partition coefficient (Wildman–Crippen LogP) is -1.43. The number of alkyl halides is 3. The summed E-state index contributed by atoms with van der Waals surface area (Å²) < 4.78 is 34.4. The lowest BCUT2D eigenvalue weighted by Gasteiger charge is -2.03. The highest BCUT2D eigenvalue weighted by atomic mass is 127.